The van der Waals surface area contributed by atoms with Crippen molar-refractivity contribution in [1.29, 1.82) is 0 Å². The summed E-state index contributed by atoms with van der Waals surface area (Å²) >= 11 is 0. The van der Waals surface area contributed by atoms with Gasteiger partial charge in [-0.25, -0.2) is 12.8 Å². The van der Waals surface area contributed by atoms with Crippen LogP contribution in [0.4, 0.5) is 4.39 Å². The molecule has 0 aliphatic heterocycles. The first-order chi connectivity index (χ1) is 8.60. The van der Waals surface area contributed by atoms with Gasteiger partial charge in [-0.2, -0.15) is 4.72 Å². The zero-order valence-corrected chi connectivity index (χ0v) is 11.4. The van der Waals surface area contributed by atoms with Gasteiger partial charge in [-0.15, -0.1) is 0 Å². The summed E-state index contributed by atoms with van der Waals surface area (Å²) in [6.07, 6.45) is 0. The summed E-state index contributed by atoms with van der Waals surface area (Å²) in [7, 11) is -2.89. The molecule has 1 rings (SSSR count). The number of hydrogen-bond acceptors (Lipinski definition) is 4. The van der Waals surface area contributed by atoms with Crippen molar-refractivity contribution in [2.75, 3.05) is 7.11 Å². The Morgan fingerprint density at radius 1 is 1.42 bits per heavy atom. The number of sulfonamides is 1. The van der Waals surface area contributed by atoms with E-state index < -0.39 is 27.3 Å². The maximum absolute atomic E-state index is 13.4. The Bertz CT molecular complexity index is 597. The predicted molar refractivity (Wildman–Crippen MR) is 65.0 cm³/mol. The van der Waals surface area contributed by atoms with E-state index >= 15 is 0 Å². The first-order valence-electron chi connectivity index (χ1n) is 5.21. The minimum atomic E-state index is -4.14. The van der Waals surface area contributed by atoms with Crippen molar-refractivity contribution >= 4 is 16.0 Å². The minimum Gasteiger partial charge on any atom is -0.494 e. The van der Waals surface area contributed by atoms with E-state index in [0.29, 0.717) is 0 Å². The van der Waals surface area contributed by atoms with Crippen molar-refractivity contribution in [1.82, 2.24) is 4.72 Å². The number of carbonyl (C=O) groups is 1. The topological polar surface area (TPSA) is 92.7 Å². The van der Waals surface area contributed by atoms with Gasteiger partial charge in [0.05, 0.1) is 12.0 Å². The van der Waals surface area contributed by atoms with E-state index in [4.69, 9.17) is 5.11 Å². The highest BCUT2D eigenvalue weighted by Gasteiger charge is 2.33. The number of carboxylic acid groups (broad SMARTS) is 1. The Balaban J connectivity index is 3.15. The molecule has 2 N–H and O–H groups in total. The SMILES string of the molecule is COc1ccc(S(=O)(=O)NC(C)(C)C(=O)O)cc1F. The van der Waals surface area contributed by atoms with E-state index in [2.05, 4.69) is 4.74 Å². The molecule has 0 spiro atoms. The molecule has 0 aliphatic carbocycles. The summed E-state index contributed by atoms with van der Waals surface area (Å²) in [6.45, 7) is 2.37. The third kappa shape index (κ3) is 3.42. The van der Waals surface area contributed by atoms with Crippen LogP contribution in [0.5, 0.6) is 5.75 Å². The van der Waals surface area contributed by atoms with Crippen LogP contribution in [0.1, 0.15) is 13.8 Å². The molecule has 0 saturated heterocycles. The van der Waals surface area contributed by atoms with E-state index in [1.54, 1.807) is 0 Å². The maximum atomic E-state index is 13.4. The Morgan fingerprint density at radius 2 is 2.00 bits per heavy atom. The van der Waals surface area contributed by atoms with Gasteiger partial charge in [0.25, 0.3) is 0 Å². The first-order valence-corrected chi connectivity index (χ1v) is 6.69. The standard InChI is InChI=1S/C11H14FNO5S/c1-11(2,10(14)15)13-19(16,17)7-4-5-9(18-3)8(12)6-7/h4-6,13H,1-3H3,(H,14,15). The number of rotatable bonds is 5. The van der Waals surface area contributed by atoms with Gasteiger partial charge in [0.1, 0.15) is 5.54 Å². The van der Waals surface area contributed by atoms with Crippen LogP contribution in [0.15, 0.2) is 23.1 Å². The predicted octanol–water partition coefficient (Wildman–Crippen LogP) is 0.976. The van der Waals surface area contributed by atoms with Crippen LogP contribution in [0, 0.1) is 5.82 Å². The molecule has 0 fully saturated rings. The molecule has 106 valence electrons. The molecule has 6 nitrogen and oxygen atoms in total. The van der Waals surface area contributed by atoms with Crippen LogP contribution >= 0.6 is 0 Å². The number of ether oxygens (including phenoxy) is 1. The molecule has 1 aromatic rings. The number of benzene rings is 1. The average Bonchev–Trinajstić information content (AvgIpc) is 2.27. The highest BCUT2D eigenvalue weighted by molar-refractivity contribution is 7.89. The summed E-state index contributed by atoms with van der Waals surface area (Å²) in [4.78, 5) is 10.5. The molecular formula is C11H14FNO5S. The van der Waals surface area contributed by atoms with Crippen LogP contribution < -0.4 is 9.46 Å². The molecule has 0 amide bonds. The third-order valence-electron chi connectivity index (χ3n) is 2.36. The average molecular weight is 291 g/mol. The van der Waals surface area contributed by atoms with Crippen molar-refractivity contribution in [2.45, 2.75) is 24.3 Å². The number of methoxy groups -OCH3 is 1. The van der Waals surface area contributed by atoms with E-state index in [1.165, 1.54) is 21.0 Å². The summed E-state index contributed by atoms with van der Waals surface area (Å²) in [5, 5.41) is 8.87. The van der Waals surface area contributed by atoms with Gasteiger partial charge in [0.15, 0.2) is 11.6 Å². The molecule has 0 heterocycles. The lowest BCUT2D eigenvalue weighted by molar-refractivity contribution is -0.142. The van der Waals surface area contributed by atoms with Gasteiger partial charge in [-0.05, 0) is 32.0 Å². The van der Waals surface area contributed by atoms with Gasteiger partial charge >= 0.3 is 5.97 Å². The number of halogens is 1. The minimum absolute atomic E-state index is 0.101. The molecule has 19 heavy (non-hydrogen) atoms. The quantitative estimate of drug-likeness (QED) is 0.843. The number of nitrogens with one attached hydrogen (secondary N) is 1. The van der Waals surface area contributed by atoms with E-state index in [1.807, 2.05) is 4.72 Å². The van der Waals surface area contributed by atoms with E-state index in [-0.39, 0.29) is 10.6 Å². The molecular weight excluding hydrogens is 277 g/mol. The maximum Gasteiger partial charge on any atom is 0.324 e. The second kappa shape index (κ2) is 5.14. The second-order valence-electron chi connectivity index (χ2n) is 4.33. The molecule has 0 aliphatic rings. The molecule has 0 radical (unpaired) electrons. The van der Waals surface area contributed by atoms with Gasteiger partial charge < -0.3 is 9.84 Å². The molecule has 0 bridgehead atoms. The summed E-state index contributed by atoms with van der Waals surface area (Å²) < 4.78 is 43.9. The highest BCUT2D eigenvalue weighted by atomic mass is 32.2. The normalized spacial score (nSPS) is 12.2. The molecule has 0 unspecified atom stereocenters. The molecule has 0 saturated carbocycles. The Hall–Kier alpha value is -1.67. The lowest BCUT2D eigenvalue weighted by Gasteiger charge is -2.20. The lowest BCUT2D eigenvalue weighted by atomic mass is 10.1. The molecule has 0 aromatic heterocycles. The van der Waals surface area contributed by atoms with Crippen molar-refractivity contribution in [2.24, 2.45) is 0 Å². The van der Waals surface area contributed by atoms with Gasteiger partial charge in [0, 0.05) is 0 Å². The van der Waals surface area contributed by atoms with E-state index in [0.717, 1.165) is 18.2 Å². The van der Waals surface area contributed by atoms with Crippen LogP contribution in [0.2, 0.25) is 0 Å². The van der Waals surface area contributed by atoms with Gasteiger partial charge in [0.2, 0.25) is 10.0 Å². The van der Waals surface area contributed by atoms with Crippen molar-refractivity contribution < 1.29 is 27.4 Å². The fraction of sp³-hybridized carbons (Fsp3) is 0.364. The van der Waals surface area contributed by atoms with Crippen LogP contribution in [-0.4, -0.2) is 32.1 Å². The smallest absolute Gasteiger partial charge is 0.324 e. The largest absolute Gasteiger partial charge is 0.494 e. The summed E-state index contributed by atoms with van der Waals surface area (Å²) in [5.74, 6) is -2.29. The van der Waals surface area contributed by atoms with Crippen LogP contribution in [-0.2, 0) is 14.8 Å². The van der Waals surface area contributed by atoms with Crippen molar-refractivity contribution in [3.05, 3.63) is 24.0 Å². The van der Waals surface area contributed by atoms with Crippen LogP contribution in [0.3, 0.4) is 0 Å². The van der Waals surface area contributed by atoms with E-state index in [9.17, 15) is 17.6 Å². The summed E-state index contributed by atoms with van der Waals surface area (Å²) in [6, 6.07) is 3.04. The molecule has 8 heteroatoms. The number of hydrogen-bond donors (Lipinski definition) is 2. The fourth-order valence-electron chi connectivity index (χ4n) is 1.25. The summed E-state index contributed by atoms with van der Waals surface area (Å²) in [5.41, 5.74) is -1.70. The fourth-order valence-corrected chi connectivity index (χ4v) is 2.64. The van der Waals surface area contributed by atoms with Gasteiger partial charge in [-0.3, -0.25) is 4.79 Å². The number of aliphatic carboxylic acids is 1. The van der Waals surface area contributed by atoms with Gasteiger partial charge in [-0.1, -0.05) is 0 Å². The third-order valence-corrected chi connectivity index (χ3v) is 4.01. The Morgan fingerprint density at radius 3 is 2.42 bits per heavy atom. The van der Waals surface area contributed by atoms with Crippen molar-refractivity contribution in [3.8, 4) is 5.75 Å². The Labute approximate surface area is 110 Å². The van der Waals surface area contributed by atoms with Crippen LogP contribution in [0.25, 0.3) is 0 Å². The van der Waals surface area contributed by atoms with Crippen molar-refractivity contribution in [3.63, 3.8) is 0 Å². The molecule has 0 atom stereocenters. The number of carboxylic acids is 1. The zero-order chi connectivity index (χ0) is 14.8. The second-order valence-corrected chi connectivity index (χ2v) is 6.01. The lowest BCUT2D eigenvalue weighted by Crippen LogP contribution is -2.49. The zero-order valence-electron chi connectivity index (χ0n) is 10.6. The molecule has 1 aromatic carbocycles. The highest BCUT2D eigenvalue weighted by Crippen LogP contribution is 2.21. The monoisotopic (exact) mass is 291 g/mol. The first kappa shape index (κ1) is 15.4. The Kier molecular flexibility index (Phi) is 4.16.